The van der Waals surface area contributed by atoms with Crippen LogP contribution in [0.2, 0.25) is 0 Å². The minimum atomic E-state index is 0.120. The topological polar surface area (TPSA) is 51.2 Å². The zero-order chi connectivity index (χ0) is 13.2. The second kappa shape index (κ2) is 5.29. The normalized spacial score (nSPS) is 29.8. The van der Waals surface area contributed by atoms with Gasteiger partial charge in [-0.15, -0.1) is 0 Å². The van der Waals surface area contributed by atoms with Crippen LogP contribution in [-0.4, -0.2) is 30.0 Å². The minimum Gasteiger partial charge on any atom is -0.480 e. The van der Waals surface area contributed by atoms with Crippen LogP contribution in [0.1, 0.15) is 42.5 Å². The van der Waals surface area contributed by atoms with Gasteiger partial charge in [-0.05, 0) is 37.8 Å². The molecular formula is C15H20N2O2. The van der Waals surface area contributed by atoms with Gasteiger partial charge in [-0.3, -0.25) is 4.79 Å². The van der Waals surface area contributed by atoms with Gasteiger partial charge in [0.1, 0.15) is 0 Å². The van der Waals surface area contributed by atoms with Gasteiger partial charge in [-0.25, -0.2) is 4.98 Å². The molecule has 19 heavy (non-hydrogen) atoms. The monoisotopic (exact) mass is 260 g/mol. The summed E-state index contributed by atoms with van der Waals surface area (Å²) in [6, 6.07) is 4.66. The number of carbonyl (C=O) groups excluding carboxylic acids is 1. The van der Waals surface area contributed by atoms with Gasteiger partial charge >= 0.3 is 0 Å². The first-order chi connectivity index (χ1) is 9.28. The zero-order valence-electron chi connectivity index (χ0n) is 11.3. The Bertz CT molecular complexity index is 463. The molecule has 0 radical (unpaired) electrons. The molecule has 4 heteroatoms. The van der Waals surface area contributed by atoms with Crippen molar-refractivity contribution in [2.24, 2.45) is 5.92 Å². The molecule has 0 aromatic carbocycles. The summed E-state index contributed by atoms with van der Waals surface area (Å²) in [5.74, 6) is 0.772. The predicted molar refractivity (Wildman–Crippen MR) is 72.4 cm³/mol. The molecule has 2 saturated heterocycles. The Balaban J connectivity index is 1.80. The fraction of sp³-hybridized carbons (Fsp3) is 0.600. The number of methoxy groups -OCH3 is 1. The lowest BCUT2D eigenvalue weighted by molar-refractivity contribution is 0.0821. The highest BCUT2D eigenvalue weighted by atomic mass is 16.5. The number of Topliss-reactive ketones (excluding diaryl/α,β-unsaturated/α-hetero) is 1. The highest BCUT2D eigenvalue weighted by Crippen LogP contribution is 2.32. The second-order valence-electron chi connectivity index (χ2n) is 5.58. The Hall–Kier alpha value is -1.42. The van der Waals surface area contributed by atoms with E-state index in [1.165, 1.54) is 19.3 Å². The first-order valence-electron chi connectivity index (χ1n) is 7.07. The maximum Gasteiger partial charge on any atom is 0.224 e. The summed E-state index contributed by atoms with van der Waals surface area (Å²) in [7, 11) is 1.57. The molecule has 0 aliphatic carbocycles. The summed E-state index contributed by atoms with van der Waals surface area (Å²) < 4.78 is 5.20. The maximum atomic E-state index is 12.7. The van der Waals surface area contributed by atoms with E-state index in [0.717, 1.165) is 12.8 Å². The molecule has 102 valence electrons. The van der Waals surface area contributed by atoms with E-state index in [-0.39, 0.29) is 11.7 Å². The molecule has 2 fully saturated rings. The van der Waals surface area contributed by atoms with E-state index in [2.05, 4.69) is 10.3 Å². The summed E-state index contributed by atoms with van der Waals surface area (Å²) in [5, 5.41) is 3.62. The maximum absolute atomic E-state index is 12.7. The molecule has 0 spiro atoms. The average molecular weight is 260 g/mol. The molecule has 3 rings (SSSR count). The van der Waals surface area contributed by atoms with Crippen LogP contribution >= 0.6 is 0 Å². The fourth-order valence-electron chi connectivity index (χ4n) is 3.44. The standard InChI is InChI=1S/C15H20N2O2/c1-19-15-13(6-3-7-16-15)14(18)10-8-11-4-2-5-12(9-10)17-11/h3,6-7,10-12,17H,2,4-5,8-9H2,1H3. The number of hydrogen-bond donors (Lipinski definition) is 1. The van der Waals surface area contributed by atoms with Crippen molar-refractivity contribution in [1.82, 2.24) is 10.3 Å². The number of ketones is 1. The van der Waals surface area contributed by atoms with Crippen molar-refractivity contribution < 1.29 is 9.53 Å². The number of nitrogens with one attached hydrogen (secondary N) is 1. The van der Waals surface area contributed by atoms with Crippen LogP contribution in [0.25, 0.3) is 0 Å². The Morgan fingerprint density at radius 1 is 1.37 bits per heavy atom. The number of rotatable bonds is 3. The molecule has 1 aromatic heterocycles. The second-order valence-corrected chi connectivity index (χ2v) is 5.58. The Morgan fingerprint density at radius 3 is 2.79 bits per heavy atom. The molecule has 3 heterocycles. The lowest BCUT2D eigenvalue weighted by atomic mass is 9.77. The van der Waals surface area contributed by atoms with Crippen LogP contribution in [0.3, 0.4) is 0 Å². The third kappa shape index (κ3) is 2.50. The van der Waals surface area contributed by atoms with Gasteiger partial charge in [0.2, 0.25) is 5.88 Å². The molecule has 1 aromatic rings. The number of aromatic nitrogens is 1. The van der Waals surface area contributed by atoms with Crippen LogP contribution < -0.4 is 10.1 Å². The Kier molecular flexibility index (Phi) is 3.51. The fourth-order valence-corrected chi connectivity index (χ4v) is 3.44. The molecule has 2 aliphatic rings. The van der Waals surface area contributed by atoms with E-state index in [1.807, 2.05) is 6.07 Å². The number of nitrogens with zero attached hydrogens (tertiary/aromatic N) is 1. The van der Waals surface area contributed by atoms with Gasteiger partial charge in [0.05, 0.1) is 12.7 Å². The summed E-state index contributed by atoms with van der Waals surface area (Å²) in [5.41, 5.74) is 0.634. The van der Waals surface area contributed by atoms with Crippen molar-refractivity contribution in [2.75, 3.05) is 7.11 Å². The number of fused-ring (bicyclic) bond motifs is 2. The first-order valence-corrected chi connectivity index (χ1v) is 7.07. The van der Waals surface area contributed by atoms with E-state index in [1.54, 1.807) is 19.4 Å². The molecule has 0 saturated carbocycles. The summed E-state index contributed by atoms with van der Waals surface area (Å²) >= 11 is 0. The number of hydrogen-bond acceptors (Lipinski definition) is 4. The number of carbonyl (C=O) groups is 1. The molecular weight excluding hydrogens is 240 g/mol. The van der Waals surface area contributed by atoms with Crippen molar-refractivity contribution >= 4 is 5.78 Å². The SMILES string of the molecule is COc1ncccc1C(=O)C1CC2CCCC(C1)N2. The molecule has 2 bridgehead atoms. The Labute approximate surface area is 113 Å². The lowest BCUT2D eigenvalue weighted by Crippen LogP contribution is -2.50. The summed E-state index contributed by atoms with van der Waals surface area (Å²) in [6.07, 6.45) is 7.25. The molecule has 2 atom stereocenters. The zero-order valence-corrected chi connectivity index (χ0v) is 11.3. The molecule has 4 nitrogen and oxygen atoms in total. The van der Waals surface area contributed by atoms with Crippen LogP contribution in [0.5, 0.6) is 5.88 Å². The highest BCUT2D eigenvalue weighted by Gasteiger charge is 2.35. The Morgan fingerprint density at radius 2 is 2.11 bits per heavy atom. The van der Waals surface area contributed by atoms with Gasteiger partial charge in [-0.2, -0.15) is 0 Å². The van der Waals surface area contributed by atoms with Crippen molar-refractivity contribution in [3.63, 3.8) is 0 Å². The average Bonchev–Trinajstić information content (AvgIpc) is 2.46. The molecule has 0 amide bonds. The van der Waals surface area contributed by atoms with Gasteiger partial charge in [0, 0.05) is 24.2 Å². The van der Waals surface area contributed by atoms with Gasteiger partial charge in [-0.1, -0.05) is 6.42 Å². The smallest absolute Gasteiger partial charge is 0.224 e. The third-order valence-corrected chi connectivity index (χ3v) is 4.32. The van der Waals surface area contributed by atoms with Crippen molar-refractivity contribution in [2.45, 2.75) is 44.2 Å². The number of pyridine rings is 1. The molecule has 2 unspecified atom stereocenters. The molecule has 1 N–H and O–H groups in total. The summed E-state index contributed by atoms with van der Waals surface area (Å²) in [6.45, 7) is 0. The van der Waals surface area contributed by atoms with E-state index in [0.29, 0.717) is 23.5 Å². The third-order valence-electron chi connectivity index (χ3n) is 4.32. The van der Waals surface area contributed by atoms with Gasteiger partial charge < -0.3 is 10.1 Å². The van der Waals surface area contributed by atoms with Crippen LogP contribution in [0, 0.1) is 5.92 Å². The summed E-state index contributed by atoms with van der Waals surface area (Å²) in [4.78, 5) is 16.8. The number of ether oxygens (including phenoxy) is 1. The van der Waals surface area contributed by atoms with Crippen LogP contribution in [-0.2, 0) is 0 Å². The van der Waals surface area contributed by atoms with Gasteiger partial charge in [0.15, 0.2) is 5.78 Å². The van der Waals surface area contributed by atoms with E-state index in [9.17, 15) is 4.79 Å². The van der Waals surface area contributed by atoms with Gasteiger partial charge in [0.25, 0.3) is 0 Å². The quantitative estimate of drug-likeness (QED) is 0.846. The first kappa shape index (κ1) is 12.6. The minimum absolute atomic E-state index is 0.120. The predicted octanol–water partition coefficient (Wildman–Crippen LogP) is 2.19. The van der Waals surface area contributed by atoms with E-state index < -0.39 is 0 Å². The van der Waals surface area contributed by atoms with Crippen molar-refractivity contribution in [3.05, 3.63) is 23.9 Å². The largest absolute Gasteiger partial charge is 0.480 e. The van der Waals surface area contributed by atoms with Crippen molar-refractivity contribution in [1.29, 1.82) is 0 Å². The highest BCUT2D eigenvalue weighted by molar-refractivity contribution is 5.99. The lowest BCUT2D eigenvalue weighted by Gasteiger charge is -2.39. The van der Waals surface area contributed by atoms with Crippen molar-refractivity contribution in [3.8, 4) is 5.88 Å². The van der Waals surface area contributed by atoms with Crippen LogP contribution in [0.15, 0.2) is 18.3 Å². The number of piperidine rings is 2. The van der Waals surface area contributed by atoms with E-state index in [4.69, 9.17) is 4.74 Å². The van der Waals surface area contributed by atoms with E-state index >= 15 is 0 Å². The van der Waals surface area contributed by atoms with Crippen LogP contribution in [0.4, 0.5) is 0 Å². The molecule has 2 aliphatic heterocycles.